The SMILES string of the molecule is CCC(=O)c1c(Br)nn2c1OC(CC)CCC2. The minimum absolute atomic E-state index is 0.0786. The van der Waals surface area contributed by atoms with Crippen LogP contribution in [0.2, 0.25) is 0 Å². The smallest absolute Gasteiger partial charge is 0.224 e. The first-order chi connectivity index (χ1) is 8.17. The number of ketones is 1. The van der Waals surface area contributed by atoms with E-state index in [1.54, 1.807) is 0 Å². The maximum Gasteiger partial charge on any atom is 0.224 e. The Morgan fingerprint density at radius 3 is 3.00 bits per heavy atom. The molecule has 0 radical (unpaired) electrons. The lowest BCUT2D eigenvalue weighted by Gasteiger charge is -2.14. The van der Waals surface area contributed by atoms with Crippen molar-refractivity contribution in [2.45, 2.75) is 52.2 Å². The maximum absolute atomic E-state index is 11.9. The van der Waals surface area contributed by atoms with Crippen LogP contribution in [0, 0.1) is 0 Å². The molecule has 2 heterocycles. The summed E-state index contributed by atoms with van der Waals surface area (Å²) in [6.45, 7) is 4.78. The van der Waals surface area contributed by atoms with E-state index in [1.807, 2.05) is 11.6 Å². The Bertz CT molecular complexity index is 428. The third kappa shape index (κ3) is 2.39. The topological polar surface area (TPSA) is 44.1 Å². The number of fused-ring (bicyclic) bond motifs is 1. The highest BCUT2D eigenvalue weighted by molar-refractivity contribution is 9.10. The minimum Gasteiger partial charge on any atom is -0.474 e. The number of carbonyl (C=O) groups excluding carboxylic acids is 1. The highest BCUT2D eigenvalue weighted by Gasteiger charge is 2.26. The average molecular weight is 301 g/mol. The number of hydrogen-bond acceptors (Lipinski definition) is 3. The number of hydrogen-bond donors (Lipinski definition) is 0. The summed E-state index contributed by atoms with van der Waals surface area (Å²) in [4.78, 5) is 11.9. The number of ether oxygens (including phenoxy) is 1. The number of Topliss-reactive ketones (excluding diaryl/α,β-unsaturated/α-hetero) is 1. The van der Waals surface area contributed by atoms with Crippen molar-refractivity contribution in [2.24, 2.45) is 0 Å². The van der Waals surface area contributed by atoms with E-state index in [9.17, 15) is 4.79 Å². The second-order valence-corrected chi connectivity index (χ2v) is 5.01. The third-order valence-corrected chi connectivity index (χ3v) is 3.65. The second-order valence-electron chi connectivity index (χ2n) is 4.26. The Morgan fingerprint density at radius 2 is 2.35 bits per heavy atom. The van der Waals surface area contributed by atoms with Crippen molar-refractivity contribution >= 4 is 21.7 Å². The zero-order valence-corrected chi connectivity index (χ0v) is 11.8. The molecular weight excluding hydrogens is 284 g/mol. The summed E-state index contributed by atoms with van der Waals surface area (Å²) in [5.41, 5.74) is 0.604. The molecule has 0 aliphatic carbocycles. The molecule has 0 bridgehead atoms. The molecule has 94 valence electrons. The molecule has 1 atom stereocenters. The molecule has 2 rings (SSSR count). The summed E-state index contributed by atoms with van der Waals surface area (Å²) in [5, 5.41) is 4.34. The lowest BCUT2D eigenvalue weighted by Crippen LogP contribution is -2.15. The van der Waals surface area contributed by atoms with Crippen molar-refractivity contribution in [3.05, 3.63) is 10.2 Å². The number of halogens is 1. The molecule has 0 fully saturated rings. The van der Waals surface area contributed by atoms with Gasteiger partial charge in [-0.15, -0.1) is 0 Å². The fourth-order valence-corrected chi connectivity index (χ4v) is 2.66. The standard InChI is InChI=1S/C12H17BrN2O2/c1-3-8-6-5-7-15-12(17-8)10(9(16)4-2)11(13)14-15/h8H,3-7H2,1-2H3. The zero-order chi connectivity index (χ0) is 12.4. The molecule has 0 aromatic carbocycles. The number of rotatable bonds is 3. The van der Waals surface area contributed by atoms with Crippen LogP contribution in [0.5, 0.6) is 5.88 Å². The molecule has 4 nitrogen and oxygen atoms in total. The Hall–Kier alpha value is -0.840. The molecule has 1 aromatic heterocycles. The first-order valence-electron chi connectivity index (χ1n) is 6.13. The Labute approximate surface area is 109 Å². The van der Waals surface area contributed by atoms with E-state index < -0.39 is 0 Å². The van der Waals surface area contributed by atoms with Crippen LogP contribution in [0.25, 0.3) is 0 Å². The van der Waals surface area contributed by atoms with Crippen molar-refractivity contribution in [2.75, 3.05) is 0 Å². The van der Waals surface area contributed by atoms with Gasteiger partial charge in [-0.2, -0.15) is 5.10 Å². The average Bonchev–Trinajstić information content (AvgIpc) is 2.50. The molecule has 1 unspecified atom stereocenters. The van der Waals surface area contributed by atoms with Crippen LogP contribution >= 0.6 is 15.9 Å². The van der Waals surface area contributed by atoms with Gasteiger partial charge in [-0.1, -0.05) is 13.8 Å². The monoisotopic (exact) mass is 300 g/mol. The quantitative estimate of drug-likeness (QED) is 0.805. The van der Waals surface area contributed by atoms with Crippen molar-refractivity contribution in [3.63, 3.8) is 0 Å². The van der Waals surface area contributed by atoms with E-state index >= 15 is 0 Å². The van der Waals surface area contributed by atoms with E-state index in [-0.39, 0.29) is 11.9 Å². The summed E-state index contributed by atoms with van der Waals surface area (Å²) < 4.78 is 8.35. The Balaban J connectivity index is 2.41. The van der Waals surface area contributed by atoms with Crippen LogP contribution in [0.15, 0.2) is 4.60 Å². The van der Waals surface area contributed by atoms with Crippen LogP contribution < -0.4 is 4.74 Å². The fourth-order valence-electron chi connectivity index (χ4n) is 2.07. The van der Waals surface area contributed by atoms with Gasteiger partial charge >= 0.3 is 0 Å². The molecule has 0 saturated carbocycles. The maximum atomic E-state index is 11.9. The molecule has 17 heavy (non-hydrogen) atoms. The number of nitrogens with zero attached hydrogens (tertiary/aromatic N) is 2. The highest BCUT2D eigenvalue weighted by Crippen LogP contribution is 2.32. The van der Waals surface area contributed by atoms with Crippen LogP contribution in [0.4, 0.5) is 0 Å². The van der Waals surface area contributed by atoms with Crippen LogP contribution in [-0.4, -0.2) is 21.7 Å². The van der Waals surface area contributed by atoms with E-state index in [0.29, 0.717) is 22.5 Å². The summed E-state index contributed by atoms with van der Waals surface area (Å²) >= 11 is 3.35. The molecule has 1 aliphatic heterocycles. The van der Waals surface area contributed by atoms with Crippen LogP contribution in [0.3, 0.4) is 0 Å². The van der Waals surface area contributed by atoms with Gasteiger partial charge in [-0.25, -0.2) is 4.68 Å². The first kappa shape index (κ1) is 12.6. The third-order valence-electron chi connectivity index (χ3n) is 3.09. The molecule has 1 aromatic rings. The van der Waals surface area contributed by atoms with Gasteiger partial charge in [0.25, 0.3) is 0 Å². The number of aromatic nitrogens is 2. The summed E-state index contributed by atoms with van der Waals surface area (Å²) in [6.07, 6.45) is 3.69. The molecule has 0 N–H and O–H groups in total. The second kappa shape index (κ2) is 5.21. The van der Waals surface area contributed by atoms with Gasteiger partial charge in [0.2, 0.25) is 5.88 Å². The van der Waals surface area contributed by atoms with Gasteiger partial charge in [-0.3, -0.25) is 4.79 Å². The number of aryl methyl sites for hydroxylation is 1. The lowest BCUT2D eigenvalue weighted by molar-refractivity contribution is 0.0978. The zero-order valence-electron chi connectivity index (χ0n) is 10.2. The lowest BCUT2D eigenvalue weighted by atomic mass is 10.1. The van der Waals surface area contributed by atoms with Gasteiger partial charge in [0.1, 0.15) is 16.3 Å². The van der Waals surface area contributed by atoms with Crippen molar-refractivity contribution in [1.29, 1.82) is 0 Å². The summed E-state index contributed by atoms with van der Waals surface area (Å²) in [5.74, 6) is 0.725. The molecule has 5 heteroatoms. The van der Waals surface area contributed by atoms with E-state index in [4.69, 9.17) is 4.74 Å². The van der Waals surface area contributed by atoms with E-state index in [2.05, 4.69) is 28.0 Å². The molecule has 1 aliphatic rings. The Morgan fingerprint density at radius 1 is 1.59 bits per heavy atom. The molecule has 0 amide bonds. The summed E-state index contributed by atoms with van der Waals surface area (Å²) in [7, 11) is 0. The van der Waals surface area contributed by atoms with Crippen molar-refractivity contribution < 1.29 is 9.53 Å². The van der Waals surface area contributed by atoms with Crippen molar-refractivity contribution in [3.8, 4) is 5.88 Å². The molecule has 0 spiro atoms. The largest absolute Gasteiger partial charge is 0.474 e. The van der Waals surface area contributed by atoms with Gasteiger partial charge in [0.15, 0.2) is 5.78 Å². The van der Waals surface area contributed by atoms with Gasteiger partial charge in [0, 0.05) is 13.0 Å². The van der Waals surface area contributed by atoms with Gasteiger partial charge in [-0.05, 0) is 35.2 Å². The fraction of sp³-hybridized carbons (Fsp3) is 0.667. The van der Waals surface area contributed by atoms with E-state index in [1.165, 1.54) is 0 Å². The normalized spacial score (nSPS) is 19.4. The number of carbonyl (C=O) groups is 1. The van der Waals surface area contributed by atoms with Crippen LogP contribution in [-0.2, 0) is 6.54 Å². The predicted molar refractivity (Wildman–Crippen MR) is 68.5 cm³/mol. The molecule has 0 saturated heterocycles. The molecular formula is C12H17BrN2O2. The highest BCUT2D eigenvalue weighted by atomic mass is 79.9. The van der Waals surface area contributed by atoms with Gasteiger partial charge in [0.05, 0.1) is 0 Å². The predicted octanol–water partition coefficient (Wildman–Crippen LogP) is 3.19. The minimum atomic E-state index is 0.0786. The Kier molecular flexibility index (Phi) is 3.86. The van der Waals surface area contributed by atoms with E-state index in [0.717, 1.165) is 25.8 Å². The van der Waals surface area contributed by atoms with Crippen LogP contribution in [0.1, 0.15) is 49.9 Å². The summed E-state index contributed by atoms with van der Waals surface area (Å²) in [6, 6.07) is 0. The van der Waals surface area contributed by atoms with Crippen molar-refractivity contribution in [1.82, 2.24) is 9.78 Å². The van der Waals surface area contributed by atoms with Gasteiger partial charge < -0.3 is 4.74 Å². The first-order valence-corrected chi connectivity index (χ1v) is 6.92.